The predicted octanol–water partition coefficient (Wildman–Crippen LogP) is 2.49. The molecule has 3 aromatic rings. The second-order valence-electron chi connectivity index (χ2n) is 5.74. The van der Waals surface area contributed by atoms with Gasteiger partial charge in [-0.1, -0.05) is 24.3 Å². The molecule has 0 atom stereocenters. The predicted molar refractivity (Wildman–Crippen MR) is 102 cm³/mol. The van der Waals surface area contributed by atoms with E-state index in [4.69, 9.17) is 10.9 Å². The fraction of sp³-hybridized carbons (Fsp3) is 0. The Morgan fingerprint density at radius 3 is 2.48 bits per heavy atom. The summed E-state index contributed by atoms with van der Waals surface area (Å²) in [5.41, 5.74) is 10.1. The number of hydrogen-bond acceptors (Lipinski definition) is 5. The molecule has 3 rings (SSSR count). The summed E-state index contributed by atoms with van der Waals surface area (Å²) in [5, 5.41) is 8.46. The van der Waals surface area contributed by atoms with Crippen molar-refractivity contribution in [3.8, 4) is 11.1 Å². The van der Waals surface area contributed by atoms with Crippen LogP contribution in [0.4, 0.5) is 5.69 Å². The zero-order valence-corrected chi connectivity index (χ0v) is 14.9. The summed E-state index contributed by atoms with van der Waals surface area (Å²) in [6.07, 6.45) is 5.24. The molecule has 27 heavy (non-hydrogen) atoms. The molecule has 1 aromatic heterocycles. The van der Waals surface area contributed by atoms with Gasteiger partial charge in [0, 0.05) is 24.2 Å². The summed E-state index contributed by atoms with van der Waals surface area (Å²) in [7, 11) is -3.76. The third-order valence-electron chi connectivity index (χ3n) is 3.88. The molecule has 0 fully saturated rings. The highest BCUT2D eigenvalue weighted by atomic mass is 32.2. The zero-order chi connectivity index (χ0) is 19.4. The van der Waals surface area contributed by atoms with E-state index in [1.165, 1.54) is 36.1 Å². The molecular weight excluding hydrogens is 366 g/mol. The van der Waals surface area contributed by atoms with E-state index in [1.54, 1.807) is 24.3 Å². The van der Waals surface area contributed by atoms with Crippen LogP contribution in [0.5, 0.6) is 0 Å². The van der Waals surface area contributed by atoms with Crippen LogP contribution in [0.2, 0.25) is 0 Å². The first-order valence-corrected chi connectivity index (χ1v) is 9.36. The Morgan fingerprint density at radius 1 is 1.07 bits per heavy atom. The van der Waals surface area contributed by atoms with E-state index in [0.29, 0.717) is 11.3 Å². The van der Waals surface area contributed by atoms with E-state index in [9.17, 15) is 13.2 Å². The molecule has 4 N–H and O–H groups in total. The van der Waals surface area contributed by atoms with Gasteiger partial charge in [-0.05, 0) is 53.1 Å². The van der Waals surface area contributed by atoms with Crippen LogP contribution in [0, 0.1) is 0 Å². The second kappa shape index (κ2) is 7.48. The lowest BCUT2D eigenvalue weighted by molar-refractivity contribution is -0.124. The minimum atomic E-state index is -3.76. The lowest BCUT2D eigenvalue weighted by atomic mass is 10.1. The van der Waals surface area contributed by atoms with Gasteiger partial charge in [0.1, 0.15) is 0 Å². The number of hydroxylamine groups is 1. The maximum Gasteiger partial charge on any atom is 0.267 e. The highest BCUT2D eigenvalue weighted by molar-refractivity contribution is 7.90. The largest absolute Gasteiger partial charge is 0.399 e. The third kappa shape index (κ3) is 4.08. The molecular formula is C19H17N3O4S. The van der Waals surface area contributed by atoms with Crippen molar-refractivity contribution in [2.75, 3.05) is 5.73 Å². The number of anilines is 1. The summed E-state index contributed by atoms with van der Waals surface area (Å²) >= 11 is 0. The van der Waals surface area contributed by atoms with Crippen LogP contribution in [-0.2, 0) is 14.8 Å². The number of amides is 1. The Balaban J connectivity index is 1.86. The first-order chi connectivity index (χ1) is 12.9. The van der Waals surface area contributed by atoms with Crippen molar-refractivity contribution in [3.05, 3.63) is 78.6 Å². The molecule has 0 bridgehead atoms. The summed E-state index contributed by atoms with van der Waals surface area (Å²) in [6.45, 7) is 0. The Morgan fingerprint density at radius 2 is 1.81 bits per heavy atom. The highest BCUT2D eigenvalue weighted by Gasteiger charge is 2.16. The molecule has 2 aromatic carbocycles. The van der Waals surface area contributed by atoms with Gasteiger partial charge in [0.15, 0.2) is 0 Å². The molecule has 0 radical (unpaired) electrons. The number of nitrogen functional groups attached to an aromatic ring is 1. The molecule has 0 aliphatic carbocycles. The average Bonchev–Trinajstić information content (AvgIpc) is 3.16. The lowest BCUT2D eigenvalue weighted by Gasteiger charge is -2.07. The number of nitrogens with zero attached hydrogens (tertiary/aromatic N) is 1. The van der Waals surface area contributed by atoms with Gasteiger partial charge in [0.2, 0.25) is 0 Å². The Labute approximate surface area is 156 Å². The number of carbonyl (C=O) groups excluding carboxylic acids is 1. The molecule has 0 unspecified atom stereocenters. The van der Waals surface area contributed by atoms with E-state index in [1.807, 2.05) is 18.2 Å². The van der Waals surface area contributed by atoms with Gasteiger partial charge in [-0.15, -0.1) is 0 Å². The van der Waals surface area contributed by atoms with Crippen LogP contribution in [0.1, 0.15) is 5.56 Å². The summed E-state index contributed by atoms with van der Waals surface area (Å²) in [6, 6.07) is 15.4. The first-order valence-electron chi connectivity index (χ1n) is 7.92. The first kappa shape index (κ1) is 18.4. The summed E-state index contributed by atoms with van der Waals surface area (Å²) < 4.78 is 26.6. The number of benzene rings is 2. The molecule has 0 aliphatic rings. The van der Waals surface area contributed by atoms with Crippen molar-refractivity contribution >= 4 is 27.7 Å². The molecule has 0 saturated carbocycles. The summed E-state index contributed by atoms with van der Waals surface area (Å²) in [4.78, 5) is 11.1. The third-order valence-corrected chi connectivity index (χ3v) is 5.53. The standard InChI is InChI=1S/C19H17N3O4S/c20-17-3-1-2-16(12-17)15-5-7-18(8-6-15)27(25,26)22-11-10-14(13-22)4-9-19(23)21-24/h1-13,24H,20H2,(H,21,23)/b9-4+. The van der Waals surface area contributed by atoms with Gasteiger partial charge in [0.05, 0.1) is 4.90 Å². The summed E-state index contributed by atoms with van der Waals surface area (Å²) in [5.74, 6) is -0.706. The monoisotopic (exact) mass is 383 g/mol. The number of hydrogen-bond donors (Lipinski definition) is 3. The van der Waals surface area contributed by atoms with Crippen molar-refractivity contribution in [1.82, 2.24) is 9.45 Å². The Bertz CT molecular complexity index is 1100. The van der Waals surface area contributed by atoms with Crippen LogP contribution < -0.4 is 11.2 Å². The van der Waals surface area contributed by atoms with Crippen molar-refractivity contribution in [3.63, 3.8) is 0 Å². The van der Waals surface area contributed by atoms with Crippen LogP contribution in [0.25, 0.3) is 17.2 Å². The molecule has 8 heteroatoms. The van der Waals surface area contributed by atoms with Gasteiger partial charge in [-0.2, -0.15) is 0 Å². The van der Waals surface area contributed by atoms with E-state index in [-0.39, 0.29) is 4.90 Å². The topological polar surface area (TPSA) is 114 Å². The molecule has 7 nitrogen and oxygen atoms in total. The van der Waals surface area contributed by atoms with Crippen molar-refractivity contribution in [2.24, 2.45) is 0 Å². The van der Waals surface area contributed by atoms with Crippen LogP contribution in [0.15, 0.2) is 78.0 Å². The van der Waals surface area contributed by atoms with Gasteiger partial charge < -0.3 is 5.73 Å². The Kier molecular flexibility index (Phi) is 5.11. The van der Waals surface area contributed by atoms with E-state index in [2.05, 4.69) is 0 Å². The number of aromatic nitrogens is 1. The molecule has 138 valence electrons. The van der Waals surface area contributed by atoms with E-state index < -0.39 is 15.9 Å². The van der Waals surface area contributed by atoms with Crippen molar-refractivity contribution in [2.45, 2.75) is 4.90 Å². The maximum absolute atomic E-state index is 12.7. The van der Waals surface area contributed by atoms with Gasteiger partial charge >= 0.3 is 0 Å². The van der Waals surface area contributed by atoms with Crippen molar-refractivity contribution in [1.29, 1.82) is 0 Å². The number of rotatable bonds is 5. The van der Waals surface area contributed by atoms with Gasteiger partial charge in [0.25, 0.3) is 15.9 Å². The molecule has 0 spiro atoms. The quantitative estimate of drug-likeness (QED) is 0.271. The fourth-order valence-corrected chi connectivity index (χ4v) is 3.71. The van der Waals surface area contributed by atoms with Crippen LogP contribution in [-0.4, -0.2) is 23.5 Å². The van der Waals surface area contributed by atoms with Gasteiger partial charge in [-0.25, -0.2) is 17.9 Å². The minimum Gasteiger partial charge on any atom is -0.399 e. The fourth-order valence-electron chi connectivity index (χ4n) is 2.51. The normalized spacial score (nSPS) is 11.6. The second-order valence-corrected chi connectivity index (χ2v) is 7.58. The lowest BCUT2D eigenvalue weighted by Crippen LogP contribution is -2.14. The zero-order valence-electron chi connectivity index (χ0n) is 14.1. The Hall–Kier alpha value is -3.36. The van der Waals surface area contributed by atoms with E-state index >= 15 is 0 Å². The number of nitrogens with two attached hydrogens (primary N) is 1. The van der Waals surface area contributed by atoms with Gasteiger partial charge in [-0.3, -0.25) is 10.0 Å². The smallest absolute Gasteiger partial charge is 0.267 e. The maximum atomic E-state index is 12.7. The molecule has 0 aliphatic heterocycles. The average molecular weight is 383 g/mol. The SMILES string of the molecule is Nc1cccc(-c2ccc(S(=O)(=O)n3ccc(/C=C/C(=O)NO)c3)cc2)c1. The number of carbonyl (C=O) groups is 1. The molecule has 0 saturated heterocycles. The van der Waals surface area contributed by atoms with Crippen LogP contribution >= 0.6 is 0 Å². The van der Waals surface area contributed by atoms with E-state index in [0.717, 1.165) is 21.2 Å². The molecule has 1 heterocycles. The highest BCUT2D eigenvalue weighted by Crippen LogP contribution is 2.24. The van der Waals surface area contributed by atoms with Crippen LogP contribution in [0.3, 0.4) is 0 Å². The van der Waals surface area contributed by atoms with Crippen molar-refractivity contribution < 1.29 is 18.4 Å². The minimum absolute atomic E-state index is 0.134. The number of nitrogens with one attached hydrogen (secondary N) is 1. The molecule has 1 amide bonds.